The van der Waals surface area contributed by atoms with Crippen molar-refractivity contribution < 1.29 is 23.1 Å². The van der Waals surface area contributed by atoms with Gasteiger partial charge in [0, 0.05) is 18.9 Å². The predicted octanol–water partition coefficient (Wildman–Crippen LogP) is 3.87. The Morgan fingerprint density at radius 1 is 1.29 bits per heavy atom. The smallest absolute Gasteiger partial charge is 0.302 e. The van der Waals surface area contributed by atoms with Crippen LogP contribution in [0.4, 0.5) is 4.39 Å². The molecule has 1 heterocycles. The number of hydrogen-bond acceptors (Lipinski definition) is 5. The van der Waals surface area contributed by atoms with Crippen molar-refractivity contribution >= 4 is 5.97 Å². The molecule has 1 saturated carbocycles. The van der Waals surface area contributed by atoms with Gasteiger partial charge in [-0.05, 0) is 43.5 Å². The van der Waals surface area contributed by atoms with E-state index < -0.39 is 0 Å². The molecule has 0 saturated heterocycles. The summed E-state index contributed by atoms with van der Waals surface area (Å²) in [6.07, 6.45) is 5.05. The van der Waals surface area contributed by atoms with Crippen molar-refractivity contribution in [2.24, 2.45) is 0 Å². The van der Waals surface area contributed by atoms with Crippen molar-refractivity contribution in [3.8, 4) is 11.5 Å². The molecular weight excluding hydrogens is 313 g/mol. The molecule has 2 atom stereocenters. The first-order valence-corrected chi connectivity index (χ1v) is 8.09. The highest BCUT2D eigenvalue weighted by atomic mass is 19.1. The number of nitrogens with zero attached hydrogens (tertiary/aromatic N) is 1. The van der Waals surface area contributed by atoms with Gasteiger partial charge >= 0.3 is 5.97 Å². The van der Waals surface area contributed by atoms with Crippen LogP contribution in [0.5, 0.6) is 0 Å². The number of ether oxygens (including phenoxy) is 2. The summed E-state index contributed by atoms with van der Waals surface area (Å²) in [6.45, 7) is 1.76. The lowest BCUT2D eigenvalue weighted by Gasteiger charge is -2.28. The molecule has 1 fully saturated rings. The van der Waals surface area contributed by atoms with Gasteiger partial charge in [0.05, 0.1) is 12.7 Å². The Balaban J connectivity index is 1.53. The van der Waals surface area contributed by atoms with E-state index in [-0.39, 0.29) is 24.0 Å². The van der Waals surface area contributed by atoms with Crippen molar-refractivity contribution in [1.29, 1.82) is 0 Å². The first kappa shape index (κ1) is 16.6. The lowest BCUT2D eigenvalue weighted by Crippen LogP contribution is -2.29. The molecule has 1 aliphatic carbocycles. The quantitative estimate of drug-likeness (QED) is 0.777. The molecule has 5 nitrogen and oxygen atoms in total. The molecule has 2 unspecified atom stereocenters. The van der Waals surface area contributed by atoms with Crippen molar-refractivity contribution in [2.75, 3.05) is 0 Å². The molecule has 3 rings (SSSR count). The molecule has 2 aromatic rings. The van der Waals surface area contributed by atoms with E-state index in [1.54, 1.807) is 18.4 Å². The van der Waals surface area contributed by atoms with E-state index in [9.17, 15) is 9.18 Å². The van der Waals surface area contributed by atoms with Gasteiger partial charge in [0.15, 0.2) is 0 Å². The van der Waals surface area contributed by atoms with Gasteiger partial charge < -0.3 is 13.9 Å². The van der Waals surface area contributed by atoms with Gasteiger partial charge in [0.25, 0.3) is 0 Å². The Morgan fingerprint density at radius 2 is 2.04 bits per heavy atom. The second-order valence-corrected chi connectivity index (χ2v) is 5.98. The van der Waals surface area contributed by atoms with Crippen LogP contribution < -0.4 is 0 Å². The highest BCUT2D eigenvalue weighted by Gasteiger charge is 2.24. The number of halogens is 1. The average molecular weight is 333 g/mol. The fourth-order valence-electron chi connectivity index (χ4n) is 2.90. The van der Waals surface area contributed by atoms with Gasteiger partial charge in [-0.1, -0.05) is 0 Å². The number of aromatic nitrogens is 1. The largest absolute Gasteiger partial charge is 0.462 e. The molecule has 0 amide bonds. The Bertz CT molecular complexity index is 683. The Morgan fingerprint density at radius 3 is 2.79 bits per heavy atom. The normalized spacial score (nSPS) is 20.8. The standard InChI is InChI=1S/C18H20FNO4/c1-12(21)24-17-4-2-3-16(9-17)22-10-15-11-23-18(20-15)13-5-7-14(19)8-6-13/h5-8,11,16-17H,2-4,9-10H2,1H3. The molecule has 6 heteroatoms. The molecule has 1 aromatic heterocycles. The fraction of sp³-hybridized carbons (Fsp3) is 0.444. The van der Waals surface area contributed by atoms with E-state index in [0.717, 1.165) is 24.8 Å². The maximum atomic E-state index is 12.9. The van der Waals surface area contributed by atoms with Crippen LogP contribution in [0.25, 0.3) is 11.5 Å². The molecule has 128 valence electrons. The monoisotopic (exact) mass is 333 g/mol. The summed E-state index contributed by atoms with van der Waals surface area (Å²) in [7, 11) is 0. The highest BCUT2D eigenvalue weighted by Crippen LogP contribution is 2.25. The van der Waals surface area contributed by atoms with E-state index in [4.69, 9.17) is 13.9 Å². The Labute approximate surface area is 139 Å². The van der Waals surface area contributed by atoms with Crippen LogP contribution in [0, 0.1) is 5.82 Å². The molecule has 0 aliphatic heterocycles. The van der Waals surface area contributed by atoms with Gasteiger partial charge in [-0.2, -0.15) is 0 Å². The van der Waals surface area contributed by atoms with Crippen LogP contribution in [-0.2, 0) is 20.9 Å². The van der Waals surface area contributed by atoms with Crippen molar-refractivity contribution in [3.05, 3.63) is 42.0 Å². The zero-order valence-corrected chi connectivity index (χ0v) is 13.5. The van der Waals surface area contributed by atoms with Crippen LogP contribution >= 0.6 is 0 Å². The minimum Gasteiger partial charge on any atom is -0.462 e. The number of rotatable bonds is 5. The third-order valence-electron chi connectivity index (χ3n) is 4.02. The van der Waals surface area contributed by atoms with Gasteiger partial charge in [0.1, 0.15) is 23.9 Å². The van der Waals surface area contributed by atoms with Gasteiger partial charge in [-0.15, -0.1) is 0 Å². The van der Waals surface area contributed by atoms with E-state index in [0.29, 0.717) is 24.6 Å². The van der Waals surface area contributed by atoms with E-state index in [1.165, 1.54) is 19.1 Å². The van der Waals surface area contributed by atoms with Crippen LogP contribution in [0.15, 0.2) is 34.9 Å². The molecule has 1 aliphatic rings. The van der Waals surface area contributed by atoms with Crippen molar-refractivity contribution in [3.63, 3.8) is 0 Å². The van der Waals surface area contributed by atoms with Gasteiger partial charge in [0.2, 0.25) is 5.89 Å². The zero-order chi connectivity index (χ0) is 16.9. The van der Waals surface area contributed by atoms with Crippen molar-refractivity contribution in [1.82, 2.24) is 4.98 Å². The third kappa shape index (κ3) is 4.41. The fourth-order valence-corrected chi connectivity index (χ4v) is 2.90. The summed E-state index contributed by atoms with van der Waals surface area (Å²) in [6, 6.07) is 5.98. The lowest BCUT2D eigenvalue weighted by atomic mass is 9.95. The summed E-state index contributed by atoms with van der Waals surface area (Å²) in [5.41, 5.74) is 1.40. The summed E-state index contributed by atoms with van der Waals surface area (Å²) in [5, 5.41) is 0. The lowest BCUT2D eigenvalue weighted by molar-refractivity contribution is -0.150. The zero-order valence-electron chi connectivity index (χ0n) is 13.5. The van der Waals surface area contributed by atoms with E-state index in [2.05, 4.69) is 4.98 Å². The molecule has 24 heavy (non-hydrogen) atoms. The average Bonchev–Trinajstić information content (AvgIpc) is 3.02. The Kier molecular flexibility index (Phi) is 5.25. The maximum absolute atomic E-state index is 12.9. The van der Waals surface area contributed by atoms with Crippen LogP contribution in [0.1, 0.15) is 38.3 Å². The van der Waals surface area contributed by atoms with Gasteiger partial charge in [-0.3, -0.25) is 4.79 Å². The number of carbonyl (C=O) groups excluding carboxylic acids is 1. The molecule has 0 N–H and O–H groups in total. The molecule has 0 spiro atoms. The van der Waals surface area contributed by atoms with E-state index >= 15 is 0 Å². The van der Waals surface area contributed by atoms with Gasteiger partial charge in [-0.25, -0.2) is 9.37 Å². The summed E-state index contributed by atoms with van der Waals surface area (Å²) < 4.78 is 29.5. The SMILES string of the molecule is CC(=O)OC1CCCC(OCc2coc(-c3ccc(F)cc3)n2)C1. The second-order valence-electron chi connectivity index (χ2n) is 5.98. The van der Waals surface area contributed by atoms with Crippen LogP contribution in [0.2, 0.25) is 0 Å². The molecular formula is C18H20FNO4. The topological polar surface area (TPSA) is 61.6 Å². The molecule has 1 aromatic carbocycles. The number of oxazole rings is 1. The second kappa shape index (κ2) is 7.57. The third-order valence-corrected chi connectivity index (χ3v) is 4.02. The Hall–Kier alpha value is -2.21. The predicted molar refractivity (Wildman–Crippen MR) is 84.5 cm³/mol. The number of carbonyl (C=O) groups is 1. The first-order valence-electron chi connectivity index (χ1n) is 8.09. The van der Waals surface area contributed by atoms with Crippen LogP contribution in [0.3, 0.4) is 0 Å². The van der Waals surface area contributed by atoms with E-state index in [1.807, 2.05) is 0 Å². The molecule has 0 bridgehead atoms. The highest BCUT2D eigenvalue weighted by molar-refractivity contribution is 5.66. The molecule has 0 radical (unpaired) electrons. The maximum Gasteiger partial charge on any atom is 0.302 e. The minimum absolute atomic E-state index is 0.0501. The number of esters is 1. The first-order chi connectivity index (χ1) is 11.6. The van der Waals surface area contributed by atoms with Crippen molar-refractivity contribution in [2.45, 2.75) is 51.4 Å². The van der Waals surface area contributed by atoms with Crippen LogP contribution in [-0.4, -0.2) is 23.2 Å². The number of hydrogen-bond donors (Lipinski definition) is 0. The summed E-state index contributed by atoms with van der Waals surface area (Å²) in [5.74, 6) is -0.107. The summed E-state index contributed by atoms with van der Waals surface area (Å²) >= 11 is 0. The number of benzene rings is 1. The minimum atomic E-state index is -0.298. The summed E-state index contributed by atoms with van der Waals surface area (Å²) in [4.78, 5) is 15.4.